The molecule has 2 aliphatic heterocycles. The first kappa shape index (κ1) is 28.2. The number of aliphatic hydroxyl groups excluding tert-OH is 1. The highest BCUT2D eigenvalue weighted by atomic mass is 16.2. The van der Waals surface area contributed by atoms with Gasteiger partial charge in [0.25, 0.3) is 0 Å². The Morgan fingerprint density at radius 2 is 1.95 bits per heavy atom. The molecule has 2 aromatic rings. The number of allylic oxidation sites excluding steroid dienone is 1. The molecule has 11 nitrogen and oxygen atoms in total. The Morgan fingerprint density at radius 3 is 2.62 bits per heavy atom. The first-order chi connectivity index (χ1) is 18.9. The maximum atomic E-state index is 11.8. The molecule has 4 heterocycles. The molecule has 0 bridgehead atoms. The number of likely N-dealkylation sites (tertiary alicyclic amines) is 2. The molecule has 0 spiro atoms. The Bertz CT molecular complexity index is 1210. The summed E-state index contributed by atoms with van der Waals surface area (Å²) in [5.74, 6) is 0.950. The number of fused-ring (bicyclic) bond motifs is 1. The van der Waals surface area contributed by atoms with Gasteiger partial charge < -0.3 is 35.4 Å². The molecule has 0 radical (unpaired) electrons. The van der Waals surface area contributed by atoms with Crippen LogP contribution in [-0.2, 0) is 9.59 Å². The van der Waals surface area contributed by atoms with E-state index in [4.69, 9.17) is 16.2 Å². The van der Waals surface area contributed by atoms with Crippen molar-refractivity contribution in [1.29, 1.82) is 5.41 Å². The fourth-order valence-corrected chi connectivity index (χ4v) is 5.59. The maximum Gasteiger partial charge on any atom is 0.221 e. The van der Waals surface area contributed by atoms with Gasteiger partial charge in [-0.3, -0.25) is 15.0 Å². The van der Waals surface area contributed by atoms with Crippen molar-refractivity contribution in [2.45, 2.75) is 38.1 Å². The topological polar surface area (TPSA) is 144 Å². The van der Waals surface area contributed by atoms with Crippen molar-refractivity contribution in [3.63, 3.8) is 0 Å². The Morgan fingerprint density at radius 1 is 1.21 bits per heavy atom. The van der Waals surface area contributed by atoms with Gasteiger partial charge in [0.2, 0.25) is 12.3 Å². The van der Waals surface area contributed by atoms with Crippen molar-refractivity contribution in [3.8, 4) is 0 Å². The van der Waals surface area contributed by atoms with Crippen LogP contribution in [0.5, 0.6) is 0 Å². The van der Waals surface area contributed by atoms with Crippen molar-refractivity contribution >= 4 is 34.9 Å². The zero-order valence-corrected chi connectivity index (χ0v) is 22.6. The first-order valence-electron chi connectivity index (χ1n) is 13.6. The number of hydrogen-bond acceptors (Lipinski definition) is 7. The lowest BCUT2D eigenvalue weighted by molar-refractivity contribution is -0.120. The fraction of sp³-hybridized carbons (Fsp3) is 0.500. The summed E-state index contributed by atoms with van der Waals surface area (Å²) >= 11 is 0. The van der Waals surface area contributed by atoms with Gasteiger partial charge in [0.1, 0.15) is 17.7 Å². The first-order valence-corrected chi connectivity index (χ1v) is 13.6. The third kappa shape index (κ3) is 6.97. The fourth-order valence-electron chi connectivity index (χ4n) is 5.59. The van der Waals surface area contributed by atoms with Gasteiger partial charge >= 0.3 is 0 Å². The van der Waals surface area contributed by atoms with Crippen molar-refractivity contribution in [2.24, 2.45) is 11.7 Å². The molecule has 2 amide bonds. The lowest BCUT2D eigenvalue weighted by Crippen LogP contribution is -2.43. The second-order valence-electron chi connectivity index (χ2n) is 10.3. The molecule has 0 aliphatic carbocycles. The number of carbonyl (C=O) groups is 2. The number of carbonyl (C=O) groups excluding carboxylic acids is 2. The summed E-state index contributed by atoms with van der Waals surface area (Å²) < 4.78 is 2.24. The predicted octanol–water partition coefficient (Wildman–Crippen LogP) is 2.38. The number of aromatic nitrogens is 2. The highest BCUT2D eigenvalue weighted by Gasteiger charge is 2.27. The lowest BCUT2D eigenvalue weighted by Gasteiger charge is -2.38. The average molecular weight is 537 g/mol. The van der Waals surface area contributed by atoms with Gasteiger partial charge in [-0.2, -0.15) is 0 Å². The third-order valence-corrected chi connectivity index (χ3v) is 7.89. The van der Waals surface area contributed by atoms with Gasteiger partial charge in [0.15, 0.2) is 0 Å². The predicted molar refractivity (Wildman–Crippen MR) is 153 cm³/mol. The van der Waals surface area contributed by atoms with E-state index in [0.717, 1.165) is 87.8 Å². The number of anilines is 1. The summed E-state index contributed by atoms with van der Waals surface area (Å²) in [4.78, 5) is 34.3. The number of piperidine rings is 2. The summed E-state index contributed by atoms with van der Waals surface area (Å²) in [5.41, 5.74) is 7.45. The smallest absolute Gasteiger partial charge is 0.221 e. The van der Waals surface area contributed by atoms with Crippen LogP contribution in [0.3, 0.4) is 0 Å². The summed E-state index contributed by atoms with van der Waals surface area (Å²) in [6.07, 6.45) is 13.1. The number of amidine groups is 1. The molecule has 4 rings (SSSR count). The number of hydrogen-bond donors (Lipinski definition) is 4. The Hall–Kier alpha value is -3.86. The highest BCUT2D eigenvalue weighted by Crippen LogP contribution is 2.32. The molecule has 0 saturated carbocycles. The normalized spacial score (nSPS) is 18.1. The number of nitrogens with one attached hydrogen (secondary N) is 2. The number of pyridine rings is 1. The molecule has 210 valence electrons. The van der Waals surface area contributed by atoms with Crippen LogP contribution >= 0.6 is 0 Å². The SMILES string of the molecule is CNC(=O)CCN(C=O)c1ccnc2c1ccn2C1CCN(CC2CCN(C(=N)C=CC(N)=CO)CC2)CC1. The molecule has 5 N–H and O–H groups in total. The van der Waals surface area contributed by atoms with Gasteiger partial charge in [-0.1, -0.05) is 0 Å². The minimum atomic E-state index is -0.101. The molecule has 0 aromatic carbocycles. The zero-order valence-electron chi connectivity index (χ0n) is 22.6. The summed E-state index contributed by atoms with van der Waals surface area (Å²) in [6, 6.07) is 4.21. The van der Waals surface area contributed by atoms with Gasteiger partial charge in [-0.15, -0.1) is 0 Å². The quantitative estimate of drug-likeness (QED) is 0.120. The molecule has 2 aliphatic rings. The van der Waals surface area contributed by atoms with Crippen LogP contribution in [0.1, 0.15) is 38.1 Å². The average Bonchev–Trinajstić information content (AvgIpc) is 3.41. The molecule has 0 atom stereocenters. The molecule has 2 fully saturated rings. The molecule has 39 heavy (non-hydrogen) atoms. The highest BCUT2D eigenvalue weighted by molar-refractivity contribution is 5.96. The van der Waals surface area contributed by atoms with Crippen LogP contribution in [-0.4, -0.2) is 88.9 Å². The van der Waals surface area contributed by atoms with E-state index in [2.05, 4.69) is 30.9 Å². The van der Waals surface area contributed by atoms with E-state index in [0.29, 0.717) is 24.3 Å². The van der Waals surface area contributed by atoms with E-state index in [1.54, 1.807) is 30.3 Å². The van der Waals surface area contributed by atoms with Crippen LogP contribution in [0, 0.1) is 11.3 Å². The molecule has 11 heteroatoms. The molecule has 0 unspecified atom stereocenters. The van der Waals surface area contributed by atoms with E-state index in [1.165, 1.54) is 0 Å². The largest absolute Gasteiger partial charge is 0.513 e. The maximum absolute atomic E-state index is 11.8. The van der Waals surface area contributed by atoms with Crippen LogP contribution in [0.2, 0.25) is 0 Å². The number of amides is 2. The van der Waals surface area contributed by atoms with Crippen molar-refractivity contribution < 1.29 is 14.7 Å². The number of nitrogens with zero attached hydrogens (tertiary/aromatic N) is 5. The Kier molecular flexibility index (Phi) is 9.59. The van der Waals surface area contributed by atoms with E-state index in [1.807, 2.05) is 12.1 Å². The van der Waals surface area contributed by atoms with E-state index >= 15 is 0 Å². The Balaban J connectivity index is 1.29. The standard InChI is InChI=1S/C28H40N8O3/c1-31-27(39)10-16-35(20-38)25-4-11-32-28-24(25)9-17-36(28)23-7-12-33(13-8-23)18-21-5-14-34(15-6-21)26(30)3-2-22(29)19-37/h2-4,9,11,17,19-21,23,30,37H,5-8,10,12-16,18,29H2,1H3,(H,31,39). The summed E-state index contributed by atoms with van der Waals surface area (Å²) in [7, 11) is 1.59. The van der Waals surface area contributed by atoms with Gasteiger partial charge in [-0.05, 0) is 55.9 Å². The summed E-state index contributed by atoms with van der Waals surface area (Å²) in [5, 5.41) is 20.6. The minimum absolute atomic E-state index is 0.101. The molecule has 2 saturated heterocycles. The molecular formula is C28H40N8O3. The van der Waals surface area contributed by atoms with Crippen LogP contribution < -0.4 is 16.0 Å². The van der Waals surface area contributed by atoms with Crippen LogP contribution in [0.25, 0.3) is 11.0 Å². The Labute approximate surface area is 229 Å². The number of nitrogens with two attached hydrogens (primary N) is 1. The van der Waals surface area contributed by atoms with Crippen molar-refractivity contribution in [3.05, 3.63) is 48.6 Å². The van der Waals surface area contributed by atoms with Crippen LogP contribution in [0.15, 0.2) is 48.6 Å². The number of aliphatic hydroxyl groups is 1. The van der Waals surface area contributed by atoms with Gasteiger partial charge in [0, 0.05) is 76.6 Å². The summed E-state index contributed by atoms with van der Waals surface area (Å²) in [6.45, 7) is 5.18. The number of rotatable bonds is 10. The van der Waals surface area contributed by atoms with Gasteiger partial charge in [-0.25, -0.2) is 4.98 Å². The van der Waals surface area contributed by atoms with Crippen LogP contribution in [0.4, 0.5) is 5.69 Å². The van der Waals surface area contributed by atoms with Crippen molar-refractivity contribution in [1.82, 2.24) is 24.7 Å². The molecule has 2 aromatic heterocycles. The van der Waals surface area contributed by atoms with E-state index < -0.39 is 0 Å². The molecular weight excluding hydrogens is 496 g/mol. The lowest BCUT2D eigenvalue weighted by atomic mass is 9.94. The third-order valence-electron chi connectivity index (χ3n) is 7.89. The van der Waals surface area contributed by atoms with E-state index in [9.17, 15) is 9.59 Å². The minimum Gasteiger partial charge on any atom is -0.513 e. The second kappa shape index (κ2) is 13.3. The zero-order chi connectivity index (χ0) is 27.8. The monoisotopic (exact) mass is 536 g/mol. The second-order valence-corrected chi connectivity index (χ2v) is 10.3. The van der Waals surface area contributed by atoms with Gasteiger partial charge in [0.05, 0.1) is 11.4 Å². The van der Waals surface area contributed by atoms with E-state index in [-0.39, 0.29) is 18.0 Å². The van der Waals surface area contributed by atoms with Crippen molar-refractivity contribution in [2.75, 3.05) is 51.2 Å².